The minimum absolute atomic E-state index is 0.0776. The minimum atomic E-state index is -0.255. The summed E-state index contributed by atoms with van der Waals surface area (Å²) in [5, 5.41) is 5.48. The summed E-state index contributed by atoms with van der Waals surface area (Å²) >= 11 is 0. The normalized spacial score (nSPS) is 10.2. The molecule has 7 heteroatoms. The standard InChI is InChI=1S/C23H23N3O4/c1-2-25-22(27)16-30-21-7-3-6-19(13-21)26-23(28)18-8-10-20(11-9-18)29-15-17-5-4-12-24-14-17/h3-14H,2,15-16H2,1H3,(H,25,27)(H,26,28). The number of amides is 2. The van der Waals surface area contributed by atoms with Crippen LogP contribution in [0.5, 0.6) is 11.5 Å². The second kappa shape index (κ2) is 10.6. The largest absolute Gasteiger partial charge is 0.489 e. The molecule has 2 amide bonds. The molecule has 0 unspecified atom stereocenters. The van der Waals surface area contributed by atoms with Gasteiger partial charge in [0, 0.05) is 41.8 Å². The van der Waals surface area contributed by atoms with E-state index in [1.165, 1.54) is 0 Å². The Labute approximate surface area is 175 Å². The van der Waals surface area contributed by atoms with Gasteiger partial charge >= 0.3 is 0 Å². The summed E-state index contributed by atoms with van der Waals surface area (Å²) in [7, 11) is 0. The van der Waals surface area contributed by atoms with E-state index in [9.17, 15) is 9.59 Å². The van der Waals surface area contributed by atoms with Crippen molar-refractivity contribution in [1.29, 1.82) is 0 Å². The molecule has 154 valence electrons. The Bertz CT molecular complexity index is 975. The number of hydrogen-bond acceptors (Lipinski definition) is 5. The van der Waals surface area contributed by atoms with Crippen LogP contribution in [0.3, 0.4) is 0 Å². The monoisotopic (exact) mass is 405 g/mol. The fraction of sp³-hybridized carbons (Fsp3) is 0.174. The molecule has 0 aliphatic heterocycles. The lowest BCUT2D eigenvalue weighted by Crippen LogP contribution is -2.28. The Morgan fingerprint density at radius 3 is 2.53 bits per heavy atom. The molecule has 3 rings (SSSR count). The molecule has 0 fully saturated rings. The molecule has 0 spiro atoms. The van der Waals surface area contributed by atoms with Crippen LogP contribution in [-0.4, -0.2) is 29.9 Å². The van der Waals surface area contributed by atoms with Crippen LogP contribution in [-0.2, 0) is 11.4 Å². The molecule has 0 saturated carbocycles. The number of pyridine rings is 1. The molecular formula is C23H23N3O4. The third-order valence-electron chi connectivity index (χ3n) is 4.08. The van der Waals surface area contributed by atoms with Gasteiger partial charge in [-0.15, -0.1) is 0 Å². The lowest BCUT2D eigenvalue weighted by atomic mass is 10.2. The van der Waals surface area contributed by atoms with Crippen molar-refractivity contribution in [3.63, 3.8) is 0 Å². The van der Waals surface area contributed by atoms with Crippen LogP contribution in [0.1, 0.15) is 22.8 Å². The zero-order valence-corrected chi connectivity index (χ0v) is 16.6. The van der Waals surface area contributed by atoms with Gasteiger partial charge in [-0.2, -0.15) is 0 Å². The third-order valence-corrected chi connectivity index (χ3v) is 4.08. The maximum absolute atomic E-state index is 12.5. The molecule has 0 bridgehead atoms. The molecule has 30 heavy (non-hydrogen) atoms. The van der Waals surface area contributed by atoms with Gasteiger partial charge in [0.2, 0.25) is 0 Å². The average molecular weight is 405 g/mol. The number of nitrogens with one attached hydrogen (secondary N) is 2. The SMILES string of the molecule is CCNC(=O)COc1cccc(NC(=O)c2ccc(OCc3cccnc3)cc2)c1. The number of hydrogen-bond donors (Lipinski definition) is 2. The highest BCUT2D eigenvalue weighted by atomic mass is 16.5. The second-order valence-electron chi connectivity index (χ2n) is 6.40. The molecule has 3 aromatic rings. The number of carbonyl (C=O) groups is 2. The van der Waals surface area contributed by atoms with E-state index in [0.717, 1.165) is 5.56 Å². The van der Waals surface area contributed by atoms with Gasteiger partial charge in [-0.25, -0.2) is 0 Å². The average Bonchev–Trinajstić information content (AvgIpc) is 2.78. The van der Waals surface area contributed by atoms with Gasteiger partial charge in [-0.3, -0.25) is 14.6 Å². The van der Waals surface area contributed by atoms with E-state index in [2.05, 4.69) is 15.6 Å². The van der Waals surface area contributed by atoms with Crippen molar-refractivity contribution in [2.45, 2.75) is 13.5 Å². The van der Waals surface area contributed by atoms with Crippen LogP contribution in [0, 0.1) is 0 Å². The summed E-state index contributed by atoms with van der Waals surface area (Å²) < 4.78 is 11.1. The molecule has 0 saturated heterocycles. The first-order valence-electron chi connectivity index (χ1n) is 9.56. The number of ether oxygens (including phenoxy) is 2. The van der Waals surface area contributed by atoms with Gasteiger partial charge in [-0.1, -0.05) is 12.1 Å². The van der Waals surface area contributed by atoms with E-state index in [0.29, 0.717) is 35.9 Å². The third kappa shape index (κ3) is 6.34. The van der Waals surface area contributed by atoms with E-state index in [1.807, 2.05) is 19.1 Å². The van der Waals surface area contributed by atoms with Crippen LogP contribution >= 0.6 is 0 Å². The molecule has 2 aromatic carbocycles. The van der Waals surface area contributed by atoms with Crippen LogP contribution in [0.15, 0.2) is 73.1 Å². The molecule has 0 aliphatic rings. The minimum Gasteiger partial charge on any atom is -0.489 e. The highest BCUT2D eigenvalue weighted by Crippen LogP contribution is 2.19. The van der Waals surface area contributed by atoms with Gasteiger partial charge in [0.1, 0.15) is 18.1 Å². The number of nitrogens with zero attached hydrogens (tertiary/aromatic N) is 1. The van der Waals surface area contributed by atoms with Crippen molar-refractivity contribution in [2.75, 3.05) is 18.5 Å². The zero-order chi connectivity index (χ0) is 21.2. The lowest BCUT2D eigenvalue weighted by Gasteiger charge is -2.10. The molecule has 0 radical (unpaired) electrons. The molecular weight excluding hydrogens is 382 g/mol. The Morgan fingerprint density at radius 1 is 0.967 bits per heavy atom. The maximum Gasteiger partial charge on any atom is 0.257 e. The summed E-state index contributed by atoms with van der Waals surface area (Å²) in [6.45, 7) is 2.72. The predicted octanol–water partition coefficient (Wildman–Crippen LogP) is 3.43. The topological polar surface area (TPSA) is 89.6 Å². The summed E-state index contributed by atoms with van der Waals surface area (Å²) in [6.07, 6.45) is 3.46. The van der Waals surface area contributed by atoms with E-state index in [-0.39, 0.29) is 18.4 Å². The first-order chi connectivity index (χ1) is 14.6. The van der Waals surface area contributed by atoms with E-state index < -0.39 is 0 Å². The van der Waals surface area contributed by atoms with Crippen molar-refractivity contribution in [1.82, 2.24) is 10.3 Å². The molecule has 7 nitrogen and oxygen atoms in total. The Balaban J connectivity index is 1.54. The predicted molar refractivity (Wildman–Crippen MR) is 114 cm³/mol. The van der Waals surface area contributed by atoms with Crippen LogP contribution in [0.25, 0.3) is 0 Å². The Morgan fingerprint density at radius 2 is 1.80 bits per heavy atom. The number of carbonyl (C=O) groups excluding carboxylic acids is 2. The van der Waals surface area contributed by atoms with Crippen LogP contribution in [0.2, 0.25) is 0 Å². The molecule has 1 aromatic heterocycles. The zero-order valence-electron chi connectivity index (χ0n) is 16.6. The number of likely N-dealkylation sites (N-methyl/N-ethyl adjacent to an activating group) is 1. The van der Waals surface area contributed by atoms with Crippen molar-refractivity contribution in [3.8, 4) is 11.5 Å². The molecule has 2 N–H and O–H groups in total. The number of benzene rings is 2. The smallest absolute Gasteiger partial charge is 0.257 e. The first-order valence-corrected chi connectivity index (χ1v) is 9.56. The van der Waals surface area contributed by atoms with E-state index >= 15 is 0 Å². The van der Waals surface area contributed by atoms with Crippen molar-refractivity contribution in [3.05, 3.63) is 84.2 Å². The summed E-state index contributed by atoms with van der Waals surface area (Å²) in [5.41, 5.74) is 2.04. The van der Waals surface area contributed by atoms with Crippen molar-refractivity contribution < 1.29 is 19.1 Å². The fourth-order valence-electron chi connectivity index (χ4n) is 2.62. The first kappa shape index (κ1) is 20.9. The van der Waals surface area contributed by atoms with Gasteiger partial charge in [0.05, 0.1) is 0 Å². The van der Waals surface area contributed by atoms with Gasteiger partial charge in [-0.05, 0) is 49.4 Å². The number of aromatic nitrogens is 1. The second-order valence-corrected chi connectivity index (χ2v) is 6.40. The number of anilines is 1. The summed E-state index contributed by atoms with van der Waals surface area (Å²) in [6, 6.07) is 17.6. The summed E-state index contributed by atoms with van der Waals surface area (Å²) in [5.74, 6) is 0.710. The van der Waals surface area contributed by atoms with Crippen molar-refractivity contribution in [2.24, 2.45) is 0 Å². The molecule has 0 atom stereocenters. The van der Waals surface area contributed by atoms with Gasteiger partial charge < -0.3 is 20.1 Å². The number of rotatable bonds is 9. The molecule has 1 heterocycles. The van der Waals surface area contributed by atoms with Gasteiger partial charge in [0.25, 0.3) is 11.8 Å². The van der Waals surface area contributed by atoms with Crippen LogP contribution < -0.4 is 20.1 Å². The lowest BCUT2D eigenvalue weighted by molar-refractivity contribution is -0.122. The highest BCUT2D eigenvalue weighted by molar-refractivity contribution is 6.04. The van der Waals surface area contributed by atoms with Gasteiger partial charge in [0.15, 0.2) is 6.61 Å². The summed E-state index contributed by atoms with van der Waals surface area (Å²) in [4.78, 5) is 28.0. The molecule has 0 aliphatic carbocycles. The van der Waals surface area contributed by atoms with E-state index in [4.69, 9.17) is 9.47 Å². The van der Waals surface area contributed by atoms with Crippen molar-refractivity contribution >= 4 is 17.5 Å². The Hall–Kier alpha value is -3.87. The fourth-order valence-corrected chi connectivity index (χ4v) is 2.62. The van der Waals surface area contributed by atoms with Crippen LogP contribution in [0.4, 0.5) is 5.69 Å². The maximum atomic E-state index is 12.5. The highest BCUT2D eigenvalue weighted by Gasteiger charge is 2.08. The Kier molecular flexibility index (Phi) is 7.38. The quantitative estimate of drug-likeness (QED) is 0.569. The van der Waals surface area contributed by atoms with E-state index in [1.54, 1.807) is 60.9 Å².